The summed E-state index contributed by atoms with van der Waals surface area (Å²) in [6.45, 7) is 3.00. The van der Waals surface area contributed by atoms with Crippen molar-refractivity contribution in [1.82, 2.24) is 0 Å². The lowest BCUT2D eigenvalue weighted by Gasteiger charge is -2.43. The quantitative estimate of drug-likeness (QED) is 0.00993. The Morgan fingerprint density at radius 2 is 1.04 bits per heavy atom. The lowest BCUT2D eigenvalue weighted by atomic mass is 9.85. The Morgan fingerprint density at radius 1 is 0.544 bits per heavy atom. The average molecular weight is 1010 g/mol. The third-order valence-corrected chi connectivity index (χ3v) is 13.0. The Morgan fingerprint density at radius 3 is 1.65 bits per heavy atom. The Labute approximate surface area is 404 Å². The molecule has 17 nitrogen and oxygen atoms in total. The second-order valence-electron chi connectivity index (χ2n) is 17.6. The zero-order chi connectivity index (χ0) is 50.0. The van der Waals surface area contributed by atoms with Gasteiger partial charge in [0.25, 0.3) is 0 Å². The van der Waals surface area contributed by atoms with Gasteiger partial charge in [0.15, 0.2) is 6.10 Å². The van der Waals surface area contributed by atoms with Gasteiger partial charge in [0.2, 0.25) is 0 Å². The number of aliphatic hydroxyl groups excluding tert-OH is 4. The van der Waals surface area contributed by atoms with E-state index in [1.54, 1.807) is 0 Å². The fourth-order valence-electron chi connectivity index (χ4n) is 7.50. The largest absolute Gasteiger partial charge is 0.472 e. The van der Waals surface area contributed by atoms with Crippen LogP contribution in [0.4, 0.5) is 0 Å². The van der Waals surface area contributed by atoms with Crippen LogP contribution in [0.1, 0.15) is 168 Å². The van der Waals surface area contributed by atoms with Gasteiger partial charge in [-0.3, -0.25) is 23.2 Å². The third kappa shape index (κ3) is 29.8. The first-order chi connectivity index (χ1) is 32.6. The van der Waals surface area contributed by atoms with Crippen LogP contribution in [0.5, 0.6) is 0 Å². The number of ether oxygens (including phenoxy) is 3. The maximum atomic E-state index is 13.0. The number of esters is 2. The normalized spacial score (nSPS) is 24.7. The van der Waals surface area contributed by atoms with Crippen molar-refractivity contribution >= 4 is 27.6 Å². The highest BCUT2D eigenvalue weighted by Gasteiger charge is 2.54. The van der Waals surface area contributed by atoms with E-state index >= 15 is 0 Å². The van der Waals surface area contributed by atoms with Crippen molar-refractivity contribution in [2.75, 3.05) is 13.2 Å². The second kappa shape index (κ2) is 36.6. The molecule has 7 unspecified atom stereocenters. The average Bonchev–Trinajstić information content (AvgIpc) is 4.05. The maximum Gasteiger partial charge on any atom is 0.472 e. The molecule has 0 bridgehead atoms. The first-order valence-corrected chi connectivity index (χ1v) is 28.0. The van der Waals surface area contributed by atoms with Crippen LogP contribution in [0.15, 0.2) is 60.8 Å². The Hall–Kier alpha value is -2.34. The van der Waals surface area contributed by atoms with E-state index in [1.807, 2.05) is 12.2 Å². The van der Waals surface area contributed by atoms with Crippen LogP contribution < -0.4 is 0 Å². The summed E-state index contributed by atoms with van der Waals surface area (Å²) < 4.78 is 55.1. The van der Waals surface area contributed by atoms with Crippen molar-refractivity contribution in [2.24, 2.45) is 0 Å². The Balaban J connectivity index is 1.80. The Bertz CT molecular complexity index is 1610. The lowest BCUT2D eigenvalue weighted by molar-refractivity contribution is -0.216. The molecule has 2 fully saturated rings. The van der Waals surface area contributed by atoms with Gasteiger partial charge in [-0.1, -0.05) is 139 Å². The van der Waals surface area contributed by atoms with Crippen LogP contribution in [-0.2, 0) is 46.5 Å². The van der Waals surface area contributed by atoms with Crippen molar-refractivity contribution in [3.05, 3.63) is 60.8 Å². The summed E-state index contributed by atoms with van der Waals surface area (Å²) in [5.74, 6) is -1.29. The number of carbonyl (C=O) groups excluding carboxylic acids is 2. The highest BCUT2D eigenvalue weighted by Crippen LogP contribution is 2.49. The molecule has 0 radical (unpaired) electrons. The molecule has 0 aromatic carbocycles. The number of allylic oxidation sites excluding steroid dienone is 9. The van der Waals surface area contributed by atoms with E-state index in [9.17, 15) is 53.8 Å². The van der Waals surface area contributed by atoms with Crippen molar-refractivity contribution in [3.8, 4) is 0 Å². The number of rotatable bonds is 40. The Kier molecular flexibility index (Phi) is 33.2. The molecule has 0 spiro atoms. The molecule has 1 saturated heterocycles. The molecule has 1 aliphatic heterocycles. The van der Waals surface area contributed by atoms with Gasteiger partial charge in [0, 0.05) is 12.8 Å². The van der Waals surface area contributed by atoms with Crippen molar-refractivity contribution < 1.29 is 81.6 Å². The molecule has 1 aliphatic carbocycles. The first-order valence-electron chi connectivity index (χ1n) is 25.0. The molecule has 0 aromatic rings. The number of hydrogen-bond donors (Lipinski definition) is 7. The molecule has 19 heteroatoms. The van der Waals surface area contributed by atoms with Gasteiger partial charge < -0.3 is 49.3 Å². The molecular formula is C49H84O17P2. The summed E-state index contributed by atoms with van der Waals surface area (Å²) in [6, 6.07) is 0. The lowest BCUT2D eigenvalue weighted by Crippen LogP contribution is -2.64. The second-order valence-corrected chi connectivity index (χ2v) is 20.2. The minimum absolute atomic E-state index is 0.0188. The van der Waals surface area contributed by atoms with Gasteiger partial charge in [-0.25, -0.2) is 9.13 Å². The summed E-state index contributed by atoms with van der Waals surface area (Å²) in [5.41, 5.74) is 0. The molecule has 392 valence electrons. The van der Waals surface area contributed by atoms with Gasteiger partial charge in [-0.2, -0.15) is 0 Å². The fraction of sp³-hybridized carbons (Fsp3) is 0.755. The van der Waals surface area contributed by atoms with E-state index in [-0.39, 0.29) is 12.8 Å². The third-order valence-electron chi connectivity index (χ3n) is 11.5. The first kappa shape index (κ1) is 61.8. The number of aliphatic hydroxyl groups is 4. The van der Waals surface area contributed by atoms with E-state index in [0.717, 1.165) is 83.5 Å². The minimum Gasteiger partial charge on any atom is -0.462 e. The predicted molar refractivity (Wildman–Crippen MR) is 259 cm³/mol. The van der Waals surface area contributed by atoms with Gasteiger partial charge >= 0.3 is 27.6 Å². The topological polar surface area (TPSA) is 269 Å². The molecule has 1 heterocycles. The summed E-state index contributed by atoms with van der Waals surface area (Å²) >= 11 is 0. The van der Waals surface area contributed by atoms with E-state index in [0.29, 0.717) is 31.5 Å². The van der Waals surface area contributed by atoms with Gasteiger partial charge in [-0.05, 0) is 77.0 Å². The number of phosphoric ester groups is 2. The standard InChI is InChI=1S/C49H84O17P2/c1-3-5-7-8-9-10-11-12-13-14-15-16-17-22-25-28-32-36-43(51)63-39(38-62-68(59,60)66-49-46(54)44(52)45(53)48(47(49)55)65-67(56,57)58)37-61-42(50)35-31-27-24-21-19-18-20-23-26-30-34-41-40(64-41)33-29-6-4-2/h9-10,12-13,18,20-21,24,26,30,39-41,44-49,52-55H,3-8,11,14-17,19,22-23,25,27-29,31-38H2,1-2H3,(H,59,60)(H2,56,57,58)/b10-9-,13-12-,20-18-,24-21-,30-26-/t39-,40?,41?,44?,45?,46?,47?,48-,49+/m1/s1. The molecule has 10 atom stereocenters. The molecular weight excluding hydrogens is 922 g/mol. The van der Waals surface area contributed by atoms with Crippen LogP contribution in [-0.4, -0.2) is 115 Å². The number of unbranched alkanes of at least 4 members (excludes halogenated alkanes) is 13. The molecule has 0 aromatic heterocycles. The van der Waals surface area contributed by atoms with Gasteiger partial charge in [0.1, 0.15) is 43.2 Å². The van der Waals surface area contributed by atoms with Gasteiger partial charge in [0.05, 0.1) is 18.8 Å². The van der Waals surface area contributed by atoms with Crippen LogP contribution in [0.3, 0.4) is 0 Å². The highest BCUT2D eigenvalue weighted by atomic mass is 31.2. The van der Waals surface area contributed by atoms with Crippen LogP contribution in [0.25, 0.3) is 0 Å². The minimum atomic E-state index is -5.37. The molecule has 68 heavy (non-hydrogen) atoms. The van der Waals surface area contributed by atoms with Crippen LogP contribution in [0.2, 0.25) is 0 Å². The fourth-order valence-corrected chi connectivity index (χ4v) is 9.03. The molecule has 7 N–H and O–H groups in total. The van der Waals surface area contributed by atoms with Crippen molar-refractivity contribution in [1.29, 1.82) is 0 Å². The number of carbonyl (C=O) groups is 2. The zero-order valence-corrected chi connectivity index (χ0v) is 42.3. The number of phosphoric acid groups is 2. The van der Waals surface area contributed by atoms with Crippen molar-refractivity contribution in [3.63, 3.8) is 0 Å². The monoisotopic (exact) mass is 1010 g/mol. The highest BCUT2D eigenvalue weighted by molar-refractivity contribution is 7.47. The van der Waals surface area contributed by atoms with Crippen LogP contribution in [0, 0.1) is 0 Å². The summed E-state index contributed by atoms with van der Waals surface area (Å²) in [6.07, 6.45) is 29.2. The number of hydrogen-bond acceptors (Lipinski definition) is 14. The van der Waals surface area contributed by atoms with E-state index < -0.39 is 83.5 Å². The SMILES string of the molecule is CCCCC/C=C\C/C=C\CCCCCCCCCC(=O)O[C@H](COC(=O)CCC/C=C\C/C=C\C/C=C\CC1OC1CCCCC)COP(=O)(O)O[C@H]1C(O)C(O)C(O)[C@@H](OP(=O)(O)O)C1O. The van der Waals surface area contributed by atoms with E-state index in [1.165, 1.54) is 38.5 Å². The van der Waals surface area contributed by atoms with E-state index in [4.69, 9.17) is 23.3 Å². The van der Waals surface area contributed by atoms with Gasteiger partial charge in [-0.15, -0.1) is 0 Å². The summed E-state index contributed by atoms with van der Waals surface area (Å²) in [5, 5.41) is 41.3. The zero-order valence-electron chi connectivity index (χ0n) is 40.5. The predicted octanol–water partition coefficient (Wildman–Crippen LogP) is 8.83. The number of epoxide rings is 1. The molecule has 2 rings (SSSR count). The molecule has 2 aliphatic rings. The summed E-state index contributed by atoms with van der Waals surface area (Å²) in [4.78, 5) is 54.4. The van der Waals surface area contributed by atoms with E-state index in [2.05, 4.69) is 67.0 Å². The van der Waals surface area contributed by atoms with Crippen LogP contribution >= 0.6 is 15.6 Å². The smallest absolute Gasteiger partial charge is 0.462 e. The maximum absolute atomic E-state index is 13.0. The molecule has 1 saturated carbocycles. The molecule has 0 amide bonds. The summed E-state index contributed by atoms with van der Waals surface area (Å²) in [7, 11) is -10.7. The van der Waals surface area contributed by atoms with Crippen molar-refractivity contribution in [2.45, 2.75) is 223 Å².